The van der Waals surface area contributed by atoms with Gasteiger partial charge in [-0.2, -0.15) is 4.98 Å². The molecule has 6 nitrogen and oxygen atoms in total. The van der Waals surface area contributed by atoms with E-state index in [1.54, 1.807) is 0 Å². The molecule has 1 saturated heterocycles. The fourth-order valence-electron chi connectivity index (χ4n) is 3.20. The molecule has 0 aromatic carbocycles. The quantitative estimate of drug-likeness (QED) is 0.835. The van der Waals surface area contributed by atoms with Gasteiger partial charge in [0.25, 0.3) is 0 Å². The summed E-state index contributed by atoms with van der Waals surface area (Å²) >= 11 is 0. The third-order valence-electron chi connectivity index (χ3n) is 4.95. The number of hydrogen-bond donors (Lipinski definition) is 1. The summed E-state index contributed by atoms with van der Waals surface area (Å²) in [5.41, 5.74) is 0. The standard InChI is InChI=1S/C17H28N4O2/c1-3-5-15-19-17(23-20-15)12(2)21-9-4-6-14(11-21)16(22)18-10-13-7-8-13/h12-14H,3-11H2,1-2H3,(H,18,22)/t12-,14+/m0/s1. The molecule has 2 aliphatic rings. The highest BCUT2D eigenvalue weighted by atomic mass is 16.5. The van der Waals surface area contributed by atoms with Gasteiger partial charge in [0, 0.05) is 19.5 Å². The maximum atomic E-state index is 12.3. The van der Waals surface area contributed by atoms with Gasteiger partial charge in [-0.15, -0.1) is 0 Å². The number of carbonyl (C=O) groups is 1. The lowest BCUT2D eigenvalue weighted by Gasteiger charge is -2.34. The monoisotopic (exact) mass is 320 g/mol. The Morgan fingerprint density at radius 1 is 1.43 bits per heavy atom. The number of carbonyl (C=O) groups excluding carboxylic acids is 1. The molecule has 1 aromatic rings. The predicted octanol–water partition coefficient (Wildman–Crippen LogP) is 2.32. The number of likely N-dealkylation sites (tertiary alicyclic amines) is 1. The van der Waals surface area contributed by atoms with Gasteiger partial charge in [0.15, 0.2) is 5.82 Å². The van der Waals surface area contributed by atoms with Gasteiger partial charge >= 0.3 is 0 Å². The molecule has 2 heterocycles. The van der Waals surface area contributed by atoms with Crippen molar-refractivity contribution in [1.82, 2.24) is 20.4 Å². The van der Waals surface area contributed by atoms with Crippen LogP contribution in [-0.2, 0) is 11.2 Å². The van der Waals surface area contributed by atoms with Crippen molar-refractivity contribution in [1.29, 1.82) is 0 Å². The summed E-state index contributed by atoms with van der Waals surface area (Å²) < 4.78 is 5.41. The summed E-state index contributed by atoms with van der Waals surface area (Å²) in [7, 11) is 0. The Bertz CT molecular complexity index is 526. The van der Waals surface area contributed by atoms with Crippen LogP contribution in [0.3, 0.4) is 0 Å². The van der Waals surface area contributed by atoms with Gasteiger partial charge in [0.1, 0.15) is 0 Å². The highest BCUT2D eigenvalue weighted by Crippen LogP contribution is 2.29. The summed E-state index contributed by atoms with van der Waals surface area (Å²) in [5, 5.41) is 7.16. The Morgan fingerprint density at radius 2 is 2.26 bits per heavy atom. The van der Waals surface area contributed by atoms with E-state index in [2.05, 4.69) is 34.2 Å². The molecule has 6 heteroatoms. The van der Waals surface area contributed by atoms with Crippen LogP contribution in [0.4, 0.5) is 0 Å². The van der Waals surface area contributed by atoms with Gasteiger partial charge in [-0.3, -0.25) is 9.69 Å². The van der Waals surface area contributed by atoms with E-state index in [-0.39, 0.29) is 17.9 Å². The molecular formula is C17H28N4O2. The number of rotatable bonds is 7. The van der Waals surface area contributed by atoms with Crippen molar-refractivity contribution in [3.05, 3.63) is 11.7 Å². The van der Waals surface area contributed by atoms with Crippen LogP contribution in [-0.4, -0.2) is 40.6 Å². The van der Waals surface area contributed by atoms with Crippen molar-refractivity contribution < 1.29 is 9.32 Å². The molecule has 23 heavy (non-hydrogen) atoms. The van der Waals surface area contributed by atoms with E-state index in [1.165, 1.54) is 12.8 Å². The Kier molecular flexibility index (Phi) is 5.30. The Hall–Kier alpha value is -1.43. The Morgan fingerprint density at radius 3 is 3.00 bits per heavy atom. The van der Waals surface area contributed by atoms with E-state index < -0.39 is 0 Å². The van der Waals surface area contributed by atoms with Crippen LogP contribution in [0.25, 0.3) is 0 Å². The number of amides is 1. The van der Waals surface area contributed by atoms with Crippen LogP contribution in [0.1, 0.15) is 63.7 Å². The molecule has 1 aliphatic heterocycles. The highest BCUT2D eigenvalue weighted by molar-refractivity contribution is 5.79. The normalized spacial score (nSPS) is 23.7. The van der Waals surface area contributed by atoms with Crippen molar-refractivity contribution in [2.75, 3.05) is 19.6 Å². The Labute approximate surface area is 138 Å². The van der Waals surface area contributed by atoms with Crippen molar-refractivity contribution >= 4 is 5.91 Å². The molecule has 2 atom stereocenters. The first-order chi connectivity index (χ1) is 11.2. The predicted molar refractivity (Wildman–Crippen MR) is 86.7 cm³/mol. The van der Waals surface area contributed by atoms with Crippen LogP contribution in [0.2, 0.25) is 0 Å². The second-order valence-electron chi connectivity index (χ2n) is 7.00. The zero-order valence-corrected chi connectivity index (χ0v) is 14.3. The average Bonchev–Trinajstić information content (AvgIpc) is 3.29. The number of nitrogens with zero attached hydrogens (tertiary/aromatic N) is 3. The molecule has 3 rings (SSSR count). The fourth-order valence-corrected chi connectivity index (χ4v) is 3.20. The van der Waals surface area contributed by atoms with E-state index >= 15 is 0 Å². The van der Waals surface area contributed by atoms with Crippen LogP contribution in [0.15, 0.2) is 4.52 Å². The SMILES string of the molecule is CCCc1noc([C@H](C)N2CCC[C@@H](C(=O)NCC3CC3)C2)n1. The first kappa shape index (κ1) is 16.4. The van der Waals surface area contributed by atoms with Gasteiger partial charge < -0.3 is 9.84 Å². The largest absolute Gasteiger partial charge is 0.356 e. The van der Waals surface area contributed by atoms with Crippen LogP contribution in [0, 0.1) is 11.8 Å². The van der Waals surface area contributed by atoms with Crippen molar-refractivity contribution in [2.45, 2.75) is 58.4 Å². The number of piperidine rings is 1. The molecule has 2 fully saturated rings. The van der Waals surface area contributed by atoms with Crippen molar-refractivity contribution in [2.24, 2.45) is 11.8 Å². The first-order valence-electron chi connectivity index (χ1n) is 9.01. The zero-order chi connectivity index (χ0) is 16.2. The molecule has 1 saturated carbocycles. The minimum atomic E-state index is 0.0761. The summed E-state index contributed by atoms with van der Waals surface area (Å²) in [5.74, 6) is 2.49. The van der Waals surface area contributed by atoms with E-state index in [1.807, 2.05) is 0 Å². The van der Waals surface area contributed by atoms with Crippen LogP contribution >= 0.6 is 0 Å². The highest BCUT2D eigenvalue weighted by Gasteiger charge is 2.31. The lowest BCUT2D eigenvalue weighted by atomic mass is 9.96. The third-order valence-corrected chi connectivity index (χ3v) is 4.95. The number of nitrogens with one attached hydrogen (secondary N) is 1. The van der Waals surface area contributed by atoms with Gasteiger partial charge in [-0.05, 0) is 51.5 Å². The molecule has 0 unspecified atom stereocenters. The van der Waals surface area contributed by atoms with Crippen LogP contribution < -0.4 is 5.32 Å². The van der Waals surface area contributed by atoms with Crippen molar-refractivity contribution in [3.8, 4) is 0 Å². The lowest BCUT2D eigenvalue weighted by molar-refractivity contribution is -0.127. The maximum Gasteiger partial charge on any atom is 0.243 e. The first-order valence-corrected chi connectivity index (χ1v) is 9.01. The minimum absolute atomic E-state index is 0.0761. The summed E-state index contributed by atoms with van der Waals surface area (Å²) in [6.45, 7) is 6.82. The summed E-state index contributed by atoms with van der Waals surface area (Å²) in [6.07, 6.45) is 6.42. The third kappa shape index (κ3) is 4.31. The zero-order valence-electron chi connectivity index (χ0n) is 14.3. The molecule has 128 valence electrons. The van der Waals surface area contributed by atoms with Crippen LogP contribution in [0.5, 0.6) is 0 Å². The second-order valence-corrected chi connectivity index (χ2v) is 7.00. The van der Waals surface area contributed by atoms with E-state index in [0.717, 1.165) is 57.1 Å². The molecule has 0 spiro atoms. The fraction of sp³-hybridized carbons (Fsp3) is 0.824. The van der Waals surface area contributed by atoms with Gasteiger partial charge in [0.05, 0.1) is 12.0 Å². The molecule has 1 aliphatic carbocycles. The van der Waals surface area contributed by atoms with Gasteiger partial charge in [0.2, 0.25) is 11.8 Å². The smallest absolute Gasteiger partial charge is 0.243 e. The molecule has 1 N–H and O–H groups in total. The van der Waals surface area contributed by atoms with E-state index in [4.69, 9.17) is 4.52 Å². The molecule has 0 bridgehead atoms. The minimum Gasteiger partial charge on any atom is -0.356 e. The molecule has 1 aromatic heterocycles. The summed E-state index contributed by atoms with van der Waals surface area (Å²) in [4.78, 5) is 19.1. The second kappa shape index (κ2) is 7.43. The van der Waals surface area contributed by atoms with Gasteiger partial charge in [-0.25, -0.2) is 0 Å². The molecule has 1 amide bonds. The van der Waals surface area contributed by atoms with Gasteiger partial charge in [-0.1, -0.05) is 12.1 Å². The average molecular weight is 320 g/mol. The number of hydrogen-bond acceptors (Lipinski definition) is 5. The molecule has 0 radical (unpaired) electrons. The number of aromatic nitrogens is 2. The topological polar surface area (TPSA) is 71.3 Å². The maximum absolute atomic E-state index is 12.3. The van der Waals surface area contributed by atoms with E-state index in [0.29, 0.717) is 5.89 Å². The lowest BCUT2D eigenvalue weighted by Crippen LogP contribution is -2.44. The van der Waals surface area contributed by atoms with E-state index in [9.17, 15) is 4.79 Å². The Balaban J connectivity index is 1.54. The summed E-state index contributed by atoms with van der Waals surface area (Å²) in [6, 6.07) is 0.0761. The van der Waals surface area contributed by atoms with Crippen molar-refractivity contribution in [3.63, 3.8) is 0 Å². The number of aryl methyl sites for hydroxylation is 1. The molecular weight excluding hydrogens is 292 g/mol.